The number of methoxy groups -OCH3 is 1. The van der Waals surface area contributed by atoms with E-state index in [-0.39, 0.29) is 18.1 Å². The standard InChI is InChI=1S/C25H32F3NO3/c1-6-24(4,23(30)32-8-3)19-10-12-22(31-5)21(14-19)20-11-9-17(15-25(26,27)28)13-18(20)16-29-7-2/h9-14,29H,6-8,15-16H2,1-5H3. The summed E-state index contributed by atoms with van der Waals surface area (Å²) in [6.07, 6.45) is -4.73. The zero-order valence-corrected chi connectivity index (χ0v) is 19.4. The SMILES string of the molecule is CCNCc1cc(CC(F)(F)F)ccc1-c1cc(C(C)(CC)C(=O)OCC)ccc1OC. The Balaban J connectivity index is 2.64. The van der Waals surface area contributed by atoms with Crippen LogP contribution in [0.4, 0.5) is 13.2 Å². The van der Waals surface area contributed by atoms with Gasteiger partial charge in [0.25, 0.3) is 0 Å². The van der Waals surface area contributed by atoms with Crippen LogP contribution in [-0.2, 0) is 27.9 Å². The normalized spacial score (nSPS) is 13.5. The Kier molecular flexibility index (Phi) is 8.73. The number of hydrogen-bond donors (Lipinski definition) is 1. The second-order valence-corrected chi connectivity index (χ2v) is 7.88. The number of halogens is 3. The predicted octanol–water partition coefficient (Wildman–Crippen LogP) is 5.81. The van der Waals surface area contributed by atoms with Crippen LogP contribution in [-0.4, -0.2) is 32.4 Å². The summed E-state index contributed by atoms with van der Waals surface area (Å²) in [7, 11) is 1.55. The van der Waals surface area contributed by atoms with Crippen LogP contribution in [0.2, 0.25) is 0 Å². The van der Waals surface area contributed by atoms with Gasteiger partial charge in [-0.3, -0.25) is 4.79 Å². The lowest BCUT2D eigenvalue weighted by Gasteiger charge is -2.27. The molecule has 0 radical (unpaired) electrons. The van der Waals surface area contributed by atoms with Crippen LogP contribution < -0.4 is 10.1 Å². The molecule has 2 aromatic rings. The second kappa shape index (κ2) is 10.9. The average Bonchev–Trinajstić information content (AvgIpc) is 2.75. The van der Waals surface area contributed by atoms with Crippen molar-refractivity contribution in [3.63, 3.8) is 0 Å². The van der Waals surface area contributed by atoms with E-state index >= 15 is 0 Å². The topological polar surface area (TPSA) is 47.6 Å². The third kappa shape index (κ3) is 6.03. The van der Waals surface area contributed by atoms with Gasteiger partial charge in [-0.25, -0.2) is 0 Å². The molecule has 0 spiro atoms. The first kappa shape index (κ1) is 25.7. The fourth-order valence-electron chi connectivity index (χ4n) is 3.68. The highest BCUT2D eigenvalue weighted by molar-refractivity contribution is 5.84. The summed E-state index contributed by atoms with van der Waals surface area (Å²) in [4.78, 5) is 12.7. The van der Waals surface area contributed by atoms with Crippen molar-refractivity contribution >= 4 is 5.97 Å². The fourth-order valence-corrected chi connectivity index (χ4v) is 3.68. The van der Waals surface area contributed by atoms with Crippen molar-refractivity contribution in [2.75, 3.05) is 20.3 Å². The highest BCUT2D eigenvalue weighted by Crippen LogP contribution is 2.39. The zero-order chi connectivity index (χ0) is 23.9. The molecule has 0 heterocycles. The number of nitrogens with one attached hydrogen (secondary N) is 1. The molecular formula is C25H32F3NO3. The van der Waals surface area contributed by atoms with Crippen molar-refractivity contribution in [3.8, 4) is 16.9 Å². The highest BCUT2D eigenvalue weighted by atomic mass is 19.4. The van der Waals surface area contributed by atoms with Crippen molar-refractivity contribution in [1.82, 2.24) is 5.32 Å². The molecule has 2 rings (SSSR count). The van der Waals surface area contributed by atoms with Gasteiger partial charge in [0.05, 0.1) is 25.6 Å². The molecule has 176 valence electrons. The average molecular weight is 452 g/mol. The number of rotatable bonds is 10. The number of benzene rings is 2. The monoisotopic (exact) mass is 451 g/mol. The Labute approximate surface area is 188 Å². The van der Waals surface area contributed by atoms with Gasteiger partial charge in [0.1, 0.15) is 5.75 Å². The smallest absolute Gasteiger partial charge is 0.393 e. The molecule has 0 amide bonds. The van der Waals surface area contributed by atoms with E-state index in [1.807, 2.05) is 32.9 Å². The van der Waals surface area contributed by atoms with Gasteiger partial charge in [-0.2, -0.15) is 13.2 Å². The number of carbonyl (C=O) groups excluding carboxylic acids is 1. The minimum Gasteiger partial charge on any atom is -0.496 e. The molecule has 0 aliphatic rings. The molecule has 4 nitrogen and oxygen atoms in total. The Hall–Kier alpha value is -2.54. The van der Waals surface area contributed by atoms with E-state index in [1.54, 1.807) is 32.2 Å². The Morgan fingerprint density at radius 3 is 2.31 bits per heavy atom. The van der Waals surface area contributed by atoms with Crippen LogP contribution in [0.5, 0.6) is 5.75 Å². The summed E-state index contributed by atoms with van der Waals surface area (Å²) >= 11 is 0. The highest BCUT2D eigenvalue weighted by Gasteiger charge is 2.35. The third-order valence-electron chi connectivity index (χ3n) is 5.70. The third-order valence-corrected chi connectivity index (χ3v) is 5.70. The van der Waals surface area contributed by atoms with Gasteiger partial charge in [-0.05, 0) is 61.2 Å². The molecule has 0 fully saturated rings. The van der Waals surface area contributed by atoms with Crippen molar-refractivity contribution < 1.29 is 27.4 Å². The molecule has 0 aliphatic heterocycles. The summed E-state index contributed by atoms with van der Waals surface area (Å²) in [6.45, 7) is 8.83. The molecule has 0 saturated carbocycles. The molecule has 1 N–H and O–H groups in total. The summed E-state index contributed by atoms with van der Waals surface area (Å²) in [6, 6.07) is 10.3. The molecule has 7 heteroatoms. The molecule has 1 unspecified atom stereocenters. The van der Waals surface area contributed by atoms with Crippen LogP contribution in [0.3, 0.4) is 0 Å². The van der Waals surface area contributed by atoms with E-state index in [2.05, 4.69) is 5.32 Å². The molecule has 0 aromatic heterocycles. The Bertz CT molecular complexity index is 927. The van der Waals surface area contributed by atoms with E-state index in [0.29, 0.717) is 25.3 Å². The molecule has 1 atom stereocenters. The van der Waals surface area contributed by atoms with E-state index < -0.39 is 18.0 Å². The predicted molar refractivity (Wildman–Crippen MR) is 120 cm³/mol. The van der Waals surface area contributed by atoms with E-state index in [9.17, 15) is 18.0 Å². The van der Waals surface area contributed by atoms with Gasteiger partial charge in [0.15, 0.2) is 0 Å². The van der Waals surface area contributed by atoms with Gasteiger partial charge in [0.2, 0.25) is 0 Å². The first-order valence-corrected chi connectivity index (χ1v) is 10.8. The molecule has 0 aliphatic carbocycles. The minimum atomic E-state index is -4.28. The maximum absolute atomic E-state index is 12.9. The Morgan fingerprint density at radius 2 is 1.75 bits per heavy atom. The van der Waals surface area contributed by atoms with Gasteiger partial charge >= 0.3 is 12.1 Å². The van der Waals surface area contributed by atoms with E-state index in [4.69, 9.17) is 9.47 Å². The van der Waals surface area contributed by atoms with Crippen LogP contribution in [0.25, 0.3) is 11.1 Å². The van der Waals surface area contributed by atoms with Gasteiger partial charge < -0.3 is 14.8 Å². The molecule has 32 heavy (non-hydrogen) atoms. The summed E-state index contributed by atoms with van der Waals surface area (Å²) in [5, 5.41) is 3.20. The maximum atomic E-state index is 12.9. The van der Waals surface area contributed by atoms with Gasteiger partial charge in [-0.1, -0.05) is 38.1 Å². The number of hydrogen-bond acceptors (Lipinski definition) is 4. The number of carbonyl (C=O) groups is 1. The van der Waals surface area contributed by atoms with Crippen LogP contribution >= 0.6 is 0 Å². The van der Waals surface area contributed by atoms with Gasteiger partial charge in [0, 0.05) is 12.1 Å². The molecular weight excluding hydrogens is 419 g/mol. The van der Waals surface area contributed by atoms with Crippen molar-refractivity contribution in [2.24, 2.45) is 0 Å². The van der Waals surface area contributed by atoms with Crippen LogP contribution in [0.15, 0.2) is 36.4 Å². The van der Waals surface area contributed by atoms with Crippen LogP contribution in [0.1, 0.15) is 50.8 Å². The first-order valence-electron chi connectivity index (χ1n) is 10.8. The minimum absolute atomic E-state index is 0.203. The summed E-state index contributed by atoms with van der Waals surface area (Å²) in [5.74, 6) is 0.268. The Morgan fingerprint density at radius 1 is 1.03 bits per heavy atom. The quantitative estimate of drug-likeness (QED) is 0.463. The molecule has 2 aromatic carbocycles. The van der Waals surface area contributed by atoms with E-state index in [1.165, 1.54) is 6.07 Å². The van der Waals surface area contributed by atoms with Crippen molar-refractivity contribution in [1.29, 1.82) is 0 Å². The lowest BCUT2D eigenvalue weighted by atomic mass is 9.78. The first-order chi connectivity index (χ1) is 15.1. The molecule has 0 bridgehead atoms. The van der Waals surface area contributed by atoms with Gasteiger partial charge in [-0.15, -0.1) is 0 Å². The lowest BCUT2D eigenvalue weighted by Crippen LogP contribution is -2.33. The van der Waals surface area contributed by atoms with Crippen LogP contribution in [0, 0.1) is 0 Å². The fraction of sp³-hybridized carbons (Fsp3) is 0.480. The summed E-state index contributed by atoms with van der Waals surface area (Å²) in [5.41, 5.74) is 2.34. The van der Waals surface area contributed by atoms with Crippen molar-refractivity contribution in [3.05, 3.63) is 53.1 Å². The number of ether oxygens (including phenoxy) is 2. The lowest BCUT2D eigenvalue weighted by molar-refractivity contribution is -0.149. The largest absolute Gasteiger partial charge is 0.496 e. The number of alkyl halides is 3. The summed E-state index contributed by atoms with van der Waals surface area (Å²) < 4.78 is 49.7. The van der Waals surface area contributed by atoms with E-state index in [0.717, 1.165) is 22.3 Å². The van der Waals surface area contributed by atoms with Crippen molar-refractivity contribution in [2.45, 2.75) is 58.7 Å². The zero-order valence-electron chi connectivity index (χ0n) is 19.4. The number of esters is 1. The second-order valence-electron chi connectivity index (χ2n) is 7.88. The maximum Gasteiger partial charge on any atom is 0.393 e. The molecule has 0 saturated heterocycles.